The number of hydrogen-bond donors (Lipinski definition) is 0. The van der Waals surface area contributed by atoms with Gasteiger partial charge in [0.05, 0.1) is 6.61 Å². The Bertz CT molecular complexity index is 784. The molecule has 1 aromatic heterocycles. The first-order valence-electron chi connectivity index (χ1n) is 9.66. The maximum atomic E-state index is 13.5. The first-order chi connectivity index (χ1) is 13.3. The number of nitrogens with zero attached hydrogens (tertiary/aromatic N) is 3. The lowest BCUT2D eigenvalue weighted by Crippen LogP contribution is -2.20. The molecule has 0 atom stereocenters. The first kappa shape index (κ1) is 20.4. The normalized spacial score (nSPS) is 15.2. The number of halogens is 3. The van der Waals surface area contributed by atoms with Crippen molar-refractivity contribution in [3.63, 3.8) is 0 Å². The fraction of sp³-hybridized carbons (Fsp3) is 0.524. The highest BCUT2D eigenvalue weighted by Gasteiger charge is 2.36. The van der Waals surface area contributed by atoms with Gasteiger partial charge in [-0.05, 0) is 42.4 Å². The van der Waals surface area contributed by atoms with E-state index in [9.17, 15) is 13.2 Å². The molecular weight excluding hydrogens is 367 g/mol. The number of ether oxygens (including phenoxy) is 1. The first-order valence-corrected chi connectivity index (χ1v) is 9.66. The third-order valence-electron chi connectivity index (χ3n) is 5.02. The monoisotopic (exact) mass is 393 g/mol. The molecule has 0 saturated heterocycles. The maximum absolute atomic E-state index is 13.5. The summed E-state index contributed by atoms with van der Waals surface area (Å²) >= 11 is 0. The molecule has 0 radical (unpaired) electrons. The number of hydrogen-bond acceptors (Lipinski definition) is 4. The van der Waals surface area contributed by atoms with Crippen LogP contribution in [0.25, 0.3) is 0 Å². The summed E-state index contributed by atoms with van der Waals surface area (Å²) in [6.45, 7) is 4.23. The molecule has 7 heteroatoms. The molecular formula is C21H26F3N3O. The van der Waals surface area contributed by atoms with E-state index in [1.807, 2.05) is 38.1 Å². The predicted octanol–water partition coefficient (Wildman–Crippen LogP) is 5.96. The number of alkyl halides is 3. The van der Waals surface area contributed by atoms with Gasteiger partial charge < -0.3 is 9.64 Å². The van der Waals surface area contributed by atoms with Gasteiger partial charge in [0.25, 0.3) is 0 Å². The van der Waals surface area contributed by atoms with Gasteiger partial charge >= 0.3 is 12.2 Å². The molecule has 1 aliphatic carbocycles. The van der Waals surface area contributed by atoms with E-state index < -0.39 is 11.7 Å². The molecule has 0 amide bonds. The van der Waals surface area contributed by atoms with Gasteiger partial charge in [0.15, 0.2) is 5.82 Å². The third-order valence-corrected chi connectivity index (χ3v) is 5.02. The highest BCUT2D eigenvalue weighted by molar-refractivity contribution is 5.63. The number of rotatable bonds is 6. The van der Waals surface area contributed by atoms with E-state index in [4.69, 9.17) is 4.74 Å². The van der Waals surface area contributed by atoms with Gasteiger partial charge in [-0.3, -0.25) is 0 Å². The fourth-order valence-electron chi connectivity index (χ4n) is 3.48. The fourth-order valence-corrected chi connectivity index (χ4v) is 3.48. The largest absolute Gasteiger partial charge is 0.463 e. The lowest BCUT2D eigenvalue weighted by molar-refractivity contribution is -0.137. The minimum absolute atomic E-state index is 0.0499. The van der Waals surface area contributed by atoms with Crippen LogP contribution in [0, 0.1) is 5.92 Å². The van der Waals surface area contributed by atoms with E-state index in [1.54, 1.807) is 7.05 Å². The van der Waals surface area contributed by atoms with Crippen molar-refractivity contribution in [3.8, 4) is 6.01 Å². The maximum Gasteiger partial charge on any atom is 0.421 e. The molecule has 4 nitrogen and oxygen atoms in total. The van der Waals surface area contributed by atoms with Crippen molar-refractivity contribution in [2.75, 3.05) is 18.6 Å². The smallest absolute Gasteiger partial charge is 0.421 e. The Balaban J connectivity index is 1.89. The summed E-state index contributed by atoms with van der Waals surface area (Å²) in [5.74, 6) is 0.560. The number of anilines is 2. The average molecular weight is 393 g/mol. The van der Waals surface area contributed by atoms with Crippen LogP contribution in [-0.4, -0.2) is 23.6 Å². The van der Waals surface area contributed by atoms with Gasteiger partial charge in [-0.25, -0.2) is 4.98 Å². The minimum atomic E-state index is -4.55. The van der Waals surface area contributed by atoms with E-state index in [0.29, 0.717) is 18.2 Å². The van der Waals surface area contributed by atoms with Gasteiger partial charge in [-0.2, -0.15) is 18.2 Å². The summed E-state index contributed by atoms with van der Waals surface area (Å²) in [7, 11) is 1.58. The molecule has 1 aliphatic rings. The van der Waals surface area contributed by atoms with Crippen LogP contribution >= 0.6 is 0 Å². The van der Waals surface area contributed by atoms with Gasteiger partial charge in [0.2, 0.25) is 0 Å². The van der Waals surface area contributed by atoms with Crippen molar-refractivity contribution < 1.29 is 17.9 Å². The van der Waals surface area contributed by atoms with Crippen LogP contribution < -0.4 is 9.64 Å². The van der Waals surface area contributed by atoms with Crippen LogP contribution in [0.3, 0.4) is 0 Å². The Morgan fingerprint density at radius 2 is 1.79 bits per heavy atom. The zero-order valence-electron chi connectivity index (χ0n) is 16.5. The van der Waals surface area contributed by atoms with Crippen molar-refractivity contribution in [3.05, 3.63) is 41.6 Å². The lowest BCUT2D eigenvalue weighted by Gasteiger charge is -2.23. The molecule has 28 heavy (non-hydrogen) atoms. The van der Waals surface area contributed by atoms with Crippen molar-refractivity contribution in [1.29, 1.82) is 0 Å². The summed E-state index contributed by atoms with van der Waals surface area (Å²) < 4.78 is 45.9. The van der Waals surface area contributed by atoms with Gasteiger partial charge in [-0.15, -0.1) is 0 Å². The van der Waals surface area contributed by atoms with Gasteiger partial charge in [0, 0.05) is 18.9 Å². The molecule has 0 aliphatic heterocycles. The SMILES string of the molecule is CC(C)COc1ncc(C(F)(F)F)c(N(C)c2ccc(C3CCCC3)cc2)n1. The third kappa shape index (κ3) is 4.75. The van der Waals surface area contributed by atoms with E-state index in [-0.39, 0.29) is 17.7 Å². The topological polar surface area (TPSA) is 38.2 Å². The molecule has 1 fully saturated rings. The molecule has 152 valence electrons. The summed E-state index contributed by atoms with van der Waals surface area (Å²) in [5, 5.41) is 0. The van der Waals surface area contributed by atoms with Gasteiger partial charge in [-0.1, -0.05) is 38.8 Å². The molecule has 1 aromatic carbocycles. The second-order valence-corrected chi connectivity index (χ2v) is 7.72. The summed E-state index contributed by atoms with van der Waals surface area (Å²) in [5.41, 5.74) is 1.00. The lowest BCUT2D eigenvalue weighted by atomic mass is 9.97. The summed E-state index contributed by atoms with van der Waals surface area (Å²) in [6.07, 6.45) is 1.07. The summed E-state index contributed by atoms with van der Waals surface area (Å²) in [6, 6.07) is 7.67. The van der Waals surface area contributed by atoms with Crippen molar-refractivity contribution >= 4 is 11.5 Å². The van der Waals surface area contributed by atoms with Crippen LogP contribution in [0.4, 0.5) is 24.7 Å². The van der Waals surface area contributed by atoms with Crippen LogP contribution in [-0.2, 0) is 6.18 Å². The van der Waals surface area contributed by atoms with Gasteiger partial charge in [0.1, 0.15) is 5.56 Å². The van der Waals surface area contributed by atoms with Crippen LogP contribution in [0.2, 0.25) is 0 Å². The highest BCUT2D eigenvalue weighted by atomic mass is 19.4. The quantitative estimate of drug-likeness (QED) is 0.607. The van der Waals surface area contributed by atoms with Crippen LogP contribution in [0.5, 0.6) is 6.01 Å². The molecule has 1 saturated carbocycles. The molecule has 1 heterocycles. The molecule has 3 rings (SSSR count). The Labute approximate surface area is 163 Å². The van der Waals surface area contributed by atoms with E-state index in [1.165, 1.54) is 36.1 Å². The Morgan fingerprint density at radius 3 is 2.36 bits per heavy atom. The second kappa shape index (κ2) is 8.37. The van der Waals surface area contributed by atoms with E-state index in [0.717, 1.165) is 6.20 Å². The Morgan fingerprint density at radius 1 is 1.14 bits per heavy atom. The number of benzene rings is 1. The van der Waals surface area contributed by atoms with Crippen LogP contribution in [0.1, 0.15) is 56.6 Å². The van der Waals surface area contributed by atoms with E-state index in [2.05, 4.69) is 9.97 Å². The summed E-state index contributed by atoms with van der Waals surface area (Å²) in [4.78, 5) is 9.24. The Kier molecular flexibility index (Phi) is 6.10. The van der Waals surface area contributed by atoms with Crippen molar-refractivity contribution in [2.45, 2.75) is 51.6 Å². The average Bonchev–Trinajstić information content (AvgIpc) is 3.19. The predicted molar refractivity (Wildman–Crippen MR) is 103 cm³/mol. The Hall–Kier alpha value is -2.31. The molecule has 0 spiro atoms. The minimum Gasteiger partial charge on any atom is -0.463 e. The highest BCUT2D eigenvalue weighted by Crippen LogP contribution is 2.39. The molecule has 0 N–H and O–H groups in total. The molecule has 0 bridgehead atoms. The molecule has 2 aromatic rings. The number of aromatic nitrogens is 2. The molecule has 0 unspecified atom stereocenters. The van der Waals surface area contributed by atoms with Crippen molar-refractivity contribution in [1.82, 2.24) is 9.97 Å². The standard InChI is InChI=1S/C21H26F3N3O/c1-14(2)13-28-20-25-12-18(21(22,23)24)19(26-20)27(3)17-10-8-16(9-11-17)15-6-4-5-7-15/h8-12,14-15H,4-7,13H2,1-3H3. The van der Waals surface area contributed by atoms with Crippen LogP contribution in [0.15, 0.2) is 30.5 Å². The zero-order valence-corrected chi connectivity index (χ0v) is 16.5. The van der Waals surface area contributed by atoms with Crippen molar-refractivity contribution in [2.24, 2.45) is 5.92 Å². The zero-order chi connectivity index (χ0) is 20.3. The van der Waals surface area contributed by atoms with E-state index >= 15 is 0 Å². The second-order valence-electron chi connectivity index (χ2n) is 7.72.